The summed E-state index contributed by atoms with van der Waals surface area (Å²) in [5.74, 6) is -5.80. The topological polar surface area (TPSA) is 62.3 Å². The van der Waals surface area contributed by atoms with Crippen molar-refractivity contribution in [3.8, 4) is 0 Å². The molecular weight excluding hydrogens is 597 g/mol. The normalized spacial score (nSPS) is 21.0. The summed E-state index contributed by atoms with van der Waals surface area (Å²) in [6, 6.07) is 4.30. The Labute approximate surface area is 261 Å². The molecule has 12 heteroatoms. The van der Waals surface area contributed by atoms with Gasteiger partial charge in [-0.05, 0) is 82.3 Å². The van der Waals surface area contributed by atoms with Gasteiger partial charge in [0.25, 0.3) is 5.92 Å². The summed E-state index contributed by atoms with van der Waals surface area (Å²) in [5.41, 5.74) is -0.199. The second-order valence-electron chi connectivity index (χ2n) is 13.1. The minimum Gasteiger partial charge on any atom is -0.465 e. The highest BCUT2D eigenvalue weighted by Crippen LogP contribution is 2.43. The molecule has 3 atom stereocenters. The maximum absolute atomic E-state index is 16.3. The van der Waals surface area contributed by atoms with E-state index in [1.165, 1.54) is 29.0 Å². The average Bonchev–Trinajstić information content (AvgIpc) is 3.38. The minimum atomic E-state index is -3.17. The number of amides is 1. The van der Waals surface area contributed by atoms with Crippen molar-refractivity contribution in [3.63, 3.8) is 0 Å². The highest BCUT2D eigenvalue weighted by atomic mass is 19.3. The third-order valence-corrected chi connectivity index (χ3v) is 8.16. The van der Waals surface area contributed by atoms with Crippen LogP contribution in [0.25, 0.3) is 0 Å². The Bertz CT molecular complexity index is 1370. The Kier molecular flexibility index (Phi) is 10.5. The summed E-state index contributed by atoms with van der Waals surface area (Å²) in [6.07, 6.45) is 0.283. The van der Waals surface area contributed by atoms with Crippen molar-refractivity contribution < 1.29 is 41.0 Å². The van der Waals surface area contributed by atoms with E-state index in [0.717, 1.165) is 19.1 Å². The first-order valence-electron chi connectivity index (χ1n) is 15.2. The molecule has 7 nitrogen and oxygen atoms in total. The fourth-order valence-corrected chi connectivity index (χ4v) is 6.31. The Hall–Kier alpha value is -3.25. The SMILES string of the molecule is COC(=O)c1ccc2c(c1)C[C@@H](C)N(CC(C)(F)F)[C@@H]2c1c(F)cc(N(C(=O)OC(C)(C)C)[C@H]2CCN(CCCF)C2)cc1F. The van der Waals surface area contributed by atoms with Crippen LogP contribution in [0.15, 0.2) is 30.3 Å². The quantitative estimate of drug-likeness (QED) is 0.219. The van der Waals surface area contributed by atoms with Crippen LogP contribution >= 0.6 is 0 Å². The first kappa shape index (κ1) is 34.6. The number of ether oxygens (including phenoxy) is 2. The van der Waals surface area contributed by atoms with Crippen LogP contribution in [0.3, 0.4) is 0 Å². The average molecular weight is 640 g/mol. The van der Waals surface area contributed by atoms with E-state index in [0.29, 0.717) is 43.6 Å². The summed E-state index contributed by atoms with van der Waals surface area (Å²) in [7, 11) is 1.23. The molecule has 0 spiro atoms. The van der Waals surface area contributed by atoms with Crippen LogP contribution < -0.4 is 4.90 Å². The number of carbonyl (C=O) groups is 2. The number of rotatable bonds is 9. The molecule has 0 bridgehead atoms. The van der Waals surface area contributed by atoms with Gasteiger partial charge in [0.1, 0.15) is 17.2 Å². The summed E-state index contributed by atoms with van der Waals surface area (Å²) in [6.45, 7) is 7.64. The molecule has 1 fully saturated rings. The minimum absolute atomic E-state index is 0.0715. The molecule has 0 unspecified atom stereocenters. The van der Waals surface area contributed by atoms with Gasteiger partial charge >= 0.3 is 12.1 Å². The van der Waals surface area contributed by atoms with Crippen LogP contribution in [-0.2, 0) is 15.9 Å². The number of esters is 1. The van der Waals surface area contributed by atoms with E-state index < -0.39 is 72.1 Å². The van der Waals surface area contributed by atoms with Crippen LogP contribution in [-0.4, -0.2) is 85.4 Å². The lowest BCUT2D eigenvalue weighted by Gasteiger charge is -2.43. The summed E-state index contributed by atoms with van der Waals surface area (Å²) < 4.78 is 84.8. The lowest BCUT2D eigenvalue weighted by atomic mass is 9.83. The zero-order chi connectivity index (χ0) is 33.3. The molecule has 0 aliphatic carbocycles. The van der Waals surface area contributed by atoms with Gasteiger partial charge in [0.15, 0.2) is 0 Å². The molecule has 248 valence electrons. The Morgan fingerprint density at radius 2 is 1.73 bits per heavy atom. The van der Waals surface area contributed by atoms with Crippen LogP contribution in [0, 0.1) is 11.6 Å². The van der Waals surface area contributed by atoms with E-state index in [-0.39, 0.29) is 17.7 Å². The van der Waals surface area contributed by atoms with Gasteiger partial charge in [-0.25, -0.2) is 27.2 Å². The summed E-state index contributed by atoms with van der Waals surface area (Å²) in [5, 5.41) is 0. The lowest BCUT2D eigenvalue weighted by molar-refractivity contribution is -0.0371. The largest absolute Gasteiger partial charge is 0.465 e. The van der Waals surface area contributed by atoms with Crippen molar-refractivity contribution in [1.29, 1.82) is 0 Å². The molecule has 2 aromatic carbocycles. The zero-order valence-electron chi connectivity index (χ0n) is 26.6. The highest BCUT2D eigenvalue weighted by molar-refractivity contribution is 5.90. The molecular formula is C33H42F5N3O4. The number of anilines is 1. The van der Waals surface area contributed by atoms with E-state index in [1.54, 1.807) is 33.8 Å². The monoisotopic (exact) mass is 639 g/mol. The van der Waals surface area contributed by atoms with Crippen molar-refractivity contribution in [2.75, 3.05) is 44.9 Å². The number of halogens is 5. The van der Waals surface area contributed by atoms with Gasteiger partial charge in [-0.1, -0.05) is 6.07 Å². The predicted molar refractivity (Wildman–Crippen MR) is 161 cm³/mol. The molecule has 1 amide bonds. The lowest BCUT2D eigenvalue weighted by Crippen LogP contribution is -2.48. The van der Waals surface area contributed by atoms with Crippen LogP contribution in [0.4, 0.5) is 32.4 Å². The second kappa shape index (κ2) is 13.6. The van der Waals surface area contributed by atoms with Gasteiger partial charge in [0.05, 0.1) is 43.7 Å². The second-order valence-corrected chi connectivity index (χ2v) is 13.1. The van der Waals surface area contributed by atoms with Gasteiger partial charge < -0.3 is 14.4 Å². The van der Waals surface area contributed by atoms with E-state index >= 15 is 8.78 Å². The molecule has 0 N–H and O–H groups in total. The van der Waals surface area contributed by atoms with Gasteiger partial charge in [-0.3, -0.25) is 14.2 Å². The molecule has 2 aliphatic rings. The number of fused-ring (bicyclic) bond motifs is 1. The summed E-state index contributed by atoms with van der Waals surface area (Å²) in [4.78, 5) is 30.2. The van der Waals surface area contributed by atoms with E-state index in [2.05, 4.69) is 0 Å². The van der Waals surface area contributed by atoms with Crippen LogP contribution in [0.5, 0.6) is 0 Å². The van der Waals surface area contributed by atoms with Crippen molar-refractivity contribution in [3.05, 3.63) is 64.2 Å². The number of carbonyl (C=O) groups excluding carboxylic acids is 2. The molecule has 0 radical (unpaired) electrons. The number of benzene rings is 2. The smallest absolute Gasteiger partial charge is 0.415 e. The van der Waals surface area contributed by atoms with E-state index in [9.17, 15) is 22.8 Å². The number of hydrogen-bond donors (Lipinski definition) is 0. The van der Waals surface area contributed by atoms with Crippen LogP contribution in [0.2, 0.25) is 0 Å². The number of hydrogen-bond acceptors (Lipinski definition) is 6. The molecule has 1 saturated heterocycles. The van der Waals surface area contributed by atoms with E-state index in [1.807, 2.05) is 4.90 Å². The number of nitrogens with zero attached hydrogens (tertiary/aromatic N) is 3. The summed E-state index contributed by atoms with van der Waals surface area (Å²) >= 11 is 0. The number of methoxy groups -OCH3 is 1. The van der Waals surface area contributed by atoms with Gasteiger partial charge in [-0.15, -0.1) is 0 Å². The molecule has 2 aliphatic heterocycles. The molecule has 45 heavy (non-hydrogen) atoms. The first-order chi connectivity index (χ1) is 21.0. The third kappa shape index (κ3) is 8.13. The molecule has 2 aromatic rings. The molecule has 2 heterocycles. The number of likely N-dealkylation sites (tertiary alicyclic amines) is 1. The molecule has 0 saturated carbocycles. The molecule has 0 aromatic heterocycles. The van der Waals surface area contributed by atoms with Gasteiger partial charge in [0.2, 0.25) is 0 Å². The molecule has 4 rings (SSSR count). The predicted octanol–water partition coefficient (Wildman–Crippen LogP) is 6.92. The maximum atomic E-state index is 16.3. The maximum Gasteiger partial charge on any atom is 0.415 e. The van der Waals surface area contributed by atoms with Crippen molar-refractivity contribution in [2.24, 2.45) is 0 Å². The van der Waals surface area contributed by atoms with E-state index in [4.69, 9.17) is 9.47 Å². The van der Waals surface area contributed by atoms with Gasteiger partial charge in [-0.2, -0.15) is 0 Å². The third-order valence-electron chi connectivity index (χ3n) is 8.16. The fourth-order valence-electron chi connectivity index (χ4n) is 6.31. The standard InChI is InChI=1S/C33H42F5N3O4/c1-20-14-22-15-21(30(42)44-6)8-9-25(22)29(40(20)19-33(5,37)38)28-26(35)16-24(17-27(28)36)41(31(43)45-32(2,3)4)23-10-13-39(18-23)12-7-11-34/h8-9,15-17,20,23,29H,7,10-14,18-19H2,1-6H3/t20-,23+,29+/m1/s1. The zero-order valence-corrected chi connectivity index (χ0v) is 26.6. The van der Waals surface area contributed by atoms with Crippen LogP contribution in [0.1, 0.15) is 80.6 Å². The number of alkyl halides is 3. The Morgan fingerprint density at radius 3 is 2.31 bits per heavy atom. The fraction of sp³-hybridized carbons (Fsp3) is 0.576. The van der Waals surface area contributed by atoms with Crippen molar-refractivity contribution in [2.45, 2.75) is 83.5 Å². The van der Waals surface area contributed by atoms with Crippen molar-refractivity contribution >= 4 is 17.7 Å². The first-order valence-corrected chi connectivity index (χ1v) is 15.2. The highest BCUT2D eigenvalue weighted by Gasteiger charge is 2.42. The Morgan fingerprint density at radius 1 is 1.07 bits per heavy atom. The Balaban J connectivity index is 1.81. The van der Waals surface area contributed by atoms with Crippen molar-refractivity contribution in [1.82, 2.24) is 9.80 Å². The van der Waals surface area contributed by atoms with Gasteiger partial charge in [0, 0.05) is 38.2 Å².